The smallest absolute Gasteiger partial charge is 0.300 e. The molecule has 5 heteroatoms. The molecule has 4 nitrogen and oxygen atoms in total. The topological polar surface area (TPSA) is 72.5 Å². The van der Waals surface area contributed by atoms with Crippen molar-refractivity contribution in [3.63, 3.8) is 0 Å². The van der Waals surface area contributed by atoms with Crippen LogP contribution < -0.4 is 10.5 Å². The summed E-state index contributed by atoms with van der Waals surface area (Å²) >= 11 is 4.78. The van der Waals surface area contributed by atoms with Crippen LogP contribution in [0.4, 0.5) is 0 Å². The molecule has 0 spiro atoms. The number of methoxy groups -OCH3 is 1. The fourth-order valence-corrected chi connectivity index (χ4v) is 0.891. The van der Waals surface area contributed by atoms with Crippen LogP contribution in [0.2, 0.25) is 0 Å². The number of hydrogen-bond donors (Lipinski definition) is 2. The van der Waals surface area contributed by atoms with E-state index in [-0.39, 0.29) is 0 Å². The van der Waals surface area contributed by atoms with Gasteiger partial charge in [-0.05, 0) is 24.3 Å². The van der Waals surface area contributed by atoms with Crippen molar-refractivity contribution in [1.82, 2.24) is 0 Å². The SMILES string of the molecule is CC(=O)O.COc1ccc(C(N)=S)cc1. The molecular weight excluding hydrogens is 214 g/mol. The second-order valence-electron chi connectivity index (χ2n) is 2.61. The fraction of sp³-hybridized carbons (Fsp3) is 0.200. The van der Waals surface area contributed by atoms with Gasteiger partial charge in [0, 0.05) is 12.5 Å². The molecular formula is C10H13NO3S. The van der Waals surface area contributed by atoms with E-state index < -0.39 is 5.97 Å². The first-order chi connectivity index (χ1) is 6.97. The van der Waals surface area contributed by atoms with Crippen molar-refractivity contribution in [2.75, 3.05) is 7.11 Å². The molecule has 0 atom stereocenters. The molecule has 0 aliphatic rings. The Bertz CT molecular complexity index is 331. The summed E-state index contributed by atoms with van der Waals surface area (Å²) in [5.74, 6) is -0.0231. The third-order valence-electron chi connectivity index (χ3n) is 1.37. The Kier molecular flexibility index (Phi) is 6.05. The molecule has 0 saturated carbocycles. The van der Waals surface area contributed by atoms with Gasteiger partial charge in [0.2, 0.25) is 0 Å². The summed E-state index contributed by atoms with van der Waals surface area (Å²) in [6, 6.07) is 7.32. The minimum Gasteiger partial charge on any atom is -0.497 e. The van der Waals surface area contributed by atoms with E-state index in [1.807, 2.05) is 24.3 Å². The number of carboxylic acid groups (broad SMARTS) is 1. The Morgan fingerprint density at radius 1 is 1.40 bits per heavy atom. The summed E-state index contributed by atoms with van der Waals surface area (Å²) in [5.41, 5.74) is 6.26. The highest BCUT2D eigenvalue weighted by Gasteiger charge is 1.94. The van der Waals surface area contributed by atoms with Crippen LogP contribution in [0.25, 0.3) is 0 Å². The highest BCUT2D eigenvalue weighted by molar-refractivity contribution is 7.80. The lowest BCUT2D eigenvalue weighted by molar-refractivity contribution is -0.134. The largest absolute Gasteiger partial charge is 0.497 e. The fourth-order valence-electron chi connectivity index (χ4n) is 0.755. The molecule has 15 heavy (non-hydrogen) atoms. The number of carboxylic acids is 1. The number of thiocarbonyl (C=S) groups is 1. The second kappa shape index (κ2) is 6.78. The zero-order valence-corrected chi connectivity index (χ0v) is 9.38. The maximum Gasteiger partial charge on any atom is 0.300 e. The van der Waals surface area contributed by atoms with E-state index in [4.69, 9.17) is 32.6 Å². The van der Waals surface area contributed by atoms with Crippen molar-refractivity contribution in [2.45, 2.75) is 6.92 Å². The first-order valence-corrected chi connectivity index (χ1v) is 4.51. The van der Waals surface area contributed by atoms with E-state index in [0.717, 1.165) is 18.2 Å². The van der Waals surface area contributed by atoms with Gasteiger partial charge in [0.25, 0.3) is 5.97 Å². The lowest BCUT2D eigenvalue weighted by Crippen LogP contribution is -2.08. The summed E-state index contributed by atoms with van der Waals surface area (Å²) < 4.78 is 4.96. The van der Waals surface area contributed by atoms with Crippen LogP contribution in [0, 0.1) is 0 Å². The molecule has 0 unspecified atom stereocenters. The quantitative estimate of drug-likeness (QED) is 0.747. The molecule has 3 N–H and O–H groups in total. The van der Waals surface area contributed by atoms with Gasteiger partial charge in [0.15, 0.2) is 0 Å². The van der Waals surface area contributed by atoms with Crippen molar-refractivity contribution in [2.24, 2.45) is 5.73 Å². The van der Waals surface area contributed by atoms with Crippen LogP contribution in [0.5, 0.6) is 5.75 Å². The van der Waals surface area contributed by atoms with Crippen LogP contribution in [0.1, 0.15) is 12.5 Å². The number of carbonyl (C=O) groups is 1. The van der Waals surface area contributed by atoms with Gasteiger partial charge >= 0.3 is 0 Å². The Morgan fingerprint density at radius 2 is 1.80 bits per heavy atom. The maximum absolute atomic E-state index is 9.00. The zero-order chi connectivity index (χ0) is 11.8. The molecule has 0 saturated heterocycles. The summed E-state index contributed by atoms with van der Waals surface area (Å²) in [4.78, 5) is 9.41. The van der Waals surface area contributed by atoms with E-state index >= 15 is 0 Å². The zero-order valence-electron chi connectivity index (χ0n) is 8.56. The van der Waals surface area contributed by atoms with Crippen molar-refractivity contribution < 1.29 is 14.6 Å². The molecule has 0 bridgehead atoms. The van der Waals surface area contributed by atoms with E-state index in [2.05, 4.69) is 0 Å². The third-order valence-corrected chi connectivity index (χ3v) is 1.61. The average molecular weight is 227 g/mol. The highest BCUT2D eigenvalue weighted by atomic mass is 32.1. The van der Waals surface area contributed by atoms with Gasteiger partial charge in [-0.1, -0.05) is 12.2 Å². The van der Waals surface area contributed by atoms with Gasteiger partial charge in [0.05, 0.1) is 7.11 Å². The lowest BCUT2D eigenvalue weighted by Gasteiger charge is -2.00. The molecule has 0 radical (unpaired) electrons. The number of hydrogen-bond acceptors (Lipinski definition) is 3. The van der Waals surface area contributed by atoms with Crippen molar-refractivity contribution in [1.29, 1.82) is 0 Å². The van der Waals surface area contributed by atoms with E-state index in [0.29, 0.717) is 4.99 Å². The number of rotatable bonds is 2. The van der Waals surface area contributed by atoms with Gasteiger partial charge in [0.1, 0.15) is 10.7 Å². The Morgan fingerprint density at radius 3 is 2.07 bits per heavy atom. The Hall–Kier alpha value is -1.62. The molecule has 1 rings (SSSR count). The van der Waals surface area contributed by atoms with Gasteiger partial charge < -0.3 is 15.6 Å². The number of benzene rings is 1. The minimum absolute atomic E-state index is 0.410. The van der Waals surface area contributed by atoms with Gasteiger partial charge in [-0.3, -0.25) is 4.79 Å². The van der Waals surface area contributed by atoms with Crippen molar-refractivity contribution >= 4 is 23.2 Å². The first kappa shape index (κ1) is 13.4. The van der Waals surface area contributed by atoms with Crippen molar-refractivity contribution in [3.8, 4) is 5.75 Å². The molecule has 0 heterocycles. The summed E-state index contributed by atoms with van der Waals surface area (Å²) in [7, 11) is 1.62. The second-order valence-corrected chi connectivity index (χ2v) is 3.05. The maximum atomic E-state index is 9.00. The molecule has 82 valence electrons. The molecule has 0 fully saturated rings. The predicted octanol–water partition coefficient (Wildman–Crippen LogP) is 1.42. The number of nitrogens with two attached hydrogens (primary N) is 1. The van der Waals surface area contributed by atoms with Crippen LogP contribution in [0.3, 0.4) is 0 Å². The van der Waals surface area contributed by atoms with Gasteiger partial charge in [-0.15, -0.1) is 0 Å². The Balaban J connectivity index is 0.000000423. The first-order valence-electron chi connectivity index (χ1n) is 4.10. The average Bonchev–Trinajstić information content (AvgIpc) is 2.17. The van der Waals surface area contributed by atoms with E-state index in [1.165, 1.54) is 0 Å². The molecule has 0 amide bonds. The van der Waals surface area contributed by atoms with Crippen LogP contribution in [-0.4, -0.2) is 23.2 Å². The normalized spacial score (nSPS) is 8.40. The summed E-state index contributed by atoms with van der Waals surface area (Å²) in [5, 5.41) is 7.42. The van der Waals surface area contributed by atoms with Crippen LogP contribution in [0.15, 0.2) is 24.3 Å². The van der Waals surface area contributed by atoms with E-state index in [1.54, 1.807) is 7.11 Å². The molecule has 0 aliphatic carbocycles. The Labute approximate surface area is 93.7 Å². The molecule has 0 aromatic heterocycles. The number of aliphatic carboxylic acids is 1. The van der Waals surface area contributed by atoms with Crippen LogP contribution in [-0.2, 0) is 4.79 Å². The predicted molar refractivity (Wildman–Crippen MR) is 62.2 cm³/mol. The highest BCUT2D eigenvalue weighted by Crippen LogP contribution is 2.10. The molecule has 1 aromatic carbocycles. The minimum atomic E-state index is -0.833. The standard InChI is InChI=1S/C8H9NOS.C2H4O2/c1-10-7-4-2-6(3-5-7)8(9)11;1-2(3)4/h2-5H,1H3,(H2,9,11);1H3,(H,3,4). The third kappa shape index (κ3) is 6.45. The van der Waals surface area contributed by atoms with E-state index in [9.17, 15) is 0 Å². The van der Waals surface area contributed by atoms with Crippen LogP contribution >= 0.6 is 12.2 Å². The van der Waals surface area contributed by atoms with Gasteiger partial charge in [-0.25, -0.2) is 0 Å². The monoisotopic (exact) mass is 227 g/mol. The molecule has 1 aromatic rings. The summed E-state index contributed by atoms with van der Waals surface area (Å²) in [6.07, 6.45) is 0. The lowest BCUT2D eigenvalue weighted by atomic mass is 10.2. The number of ether oxygens (including phenoxy) is 1. The summed E-state index contributed by atoms with van der Waals surface area (Å²) in [6.45, 7) is 1.08. The van der Waals surface area contributed by atoms with Gasteiger partial charge in [-0.2, -0.15) is 0 Å². The molecule has 0 aliphatic heterocycles. The van der Waals surface area contributed by atoms with Crippen molar-refractivity contribution in [3.05, 3.63) is 29.8 Å².